The molecule has 0 unspecified atom stereocenters. The molecule has 2 aromatic rings. The molecule has 2 aromatic carbocycles. The smallest absolute Gasteiger partial charge is 0.336 e. The van der Waals surface area contributed by atoms with Gasteiger partial charge in [-0.15, -0.1) is 0 Å². The Hall–Kier alpha value is -2.62. The van der Waals surface area contributed by atoms with Crippen LogP contribution in [0.1, 0.15) is 56.8 Å². The van der Waals surface area contributed by atoms with E-state index in [9.17, 15) is 19.8 Å². The van der Waals surface area contributed by atoms with Crippen molar-refractivity contribution in [2.24, 2.45) is 0 Å². The molecule has 0 heterocycles. The quantitative estimate of drug-likeness (QED) is 0.769. The third-order valence-electron chi connectivity index (χ3n) is 4.61. The SMILES string of the molecule is CCc1c(CC)c2c(c(C(=O)O)c1C(=O)O)Cc1ccccc1-2. The molecule has 0 radical (unpaired) electrons. The van der Waals surface area contributed by atoms with Crippen molar-refractivity contribution < 1.29 is 19.8 Å². The summed E-state index contributed by atoms with van der Waals surface area (Å²) in [4.78, 5) is 23.6. The molecule has 3 rings (SSSR count). The molecule has 0 saturated heterocycles. The number of carboxylic acid groups (broad SMARTS) is 2. The normalized spacial score (nSPS) is 11.9. The molecule has 0 aliphatic heterocycles. The van der Waals surface area contributed by atoms with Crippen molar-refractivity contribution in [3.8, 4) is 11.1 Å². The van der Waals surface area contributed by atoms with E-state index in [-0.39, 0.29) is 11.1 Å². The Morgan fingerprint density at radius 1 is 0.957 bits per heavy atom. The van der Waals surface area contributed by atoms with Crippen molar-refractivity contribution in [1.29, 1.82) is 0 Å². The van der Waals surface area contributed by atoms with Crippen molar-refractivity contribution >= 4 is 11.9 Å². The van der Waals surface area contributed by atoms with Gasteiger partial charge in [-0.2, -0.15) is 0 Å². The first-order valence-electron chi connectivity index (χ1n) is 7.76. The van der Waals surface area contributed by atoms with Crippen LogP contribution in [-0.4, -0.2) is 22.2 Å². The van der Waals surface area contributed by atoms with Crippen molar-refractivity contribution in [2.45, 2.75) is 33.1 Å². The van der Waals surface area contributed by atoms with E-state index in [1.807, 2.05) is 38.1 Å². The van der Waals surface area contributed by atoms with Gasteiger partial charge in [0.1, 0.15) is 0 Å². The lowest BCUT2D eigenvalue weighted by Gasteiger charge is -2.19. The van der Waals surface area contributed by atoms with Crippen LogP contribution in [0.3, 0.4) is 0 Å². The molecule has 1 aliphatic rings. The number of benzene rings is 2. The monoisotopic (exact) mass is 310 g/mol. The molecular weight excluding hydrogens is 292 g/mol. The van der Waals surface area contributed by atoms with Crippen LogP contribution in [0.15, 0.2) is 24.3 Å². The minimum Gasteiger partial charge on any atom is -0.478 e. The van der Waals surface area contributed by atoms with Gasteiger partial charge < -0.3 is 10.2 Å². The Morgan fingerprint density at radius 3 is 2.13 bits per heavy atom. The molecule has 0 fully saturated rings. The predicted octanol–water partition coefficient (Wildman–Crippen LogP) is 3.78. The number of rotatable bonds is 4. The first-order valence-corrected chi connectivity index (χ1v) is 7.76. The average Bonchev–Trinajstić information content (AvgIpc) is 2.90. The van der Waals surface area contributed by atoms with Gasteiger partial charge in [-0.1, -0.05) is 38.1 Å². The van der Waals surface area contributed by atoms with Crippen LogP contribution in [0.4, 0.5) is 0 Å². The Kier molecular flexibility index (Phi) is 3.68. The van der Waals surface area contributed by atoms with Crippen LogP contribution in [0.2, 0.25) is 0 Å². The van der Waals surface area contributed by atoms with Crippen LogP contribution >= 0.6 is 0 Å². The molecular formula is C19H18O4. The third-order valence-corrected chi connectivity index (χ3v) is 4.61. The number of fused-ring (bicyclic) bond motifs is 3. The third kappa shape index (κ3) is 2.13. The summed E-state index contributed by atoms with van der Waals surface area (Å²) in [6.07, 6.45) is 1.66. The zero-order valence-corrected chi connectivity index (χ0v) is 13.1. The minimum atomic E-state index is -1.16. The van der Waals surface area contributed by atoms with Gasteiger partial charge in [0.25, 0.3) is 0 Å². The zero-order valence-electron chi connectivity index (χ0n) is 13.1. The van der Waals surface area contributed by atoms with Gasteiger partial charge in [-0.05, 0) is 52.6 Å². The van der Waals surface area contributed by atoms with Crippen LogP contribution in [0.5, 0.6) is 0 Å². The van der Waals surface area contributed by atoms with E-state index in [0.717, 1.165) is 22.3 Å². The molecule has 0 amide bonds. The topological polar surface area (TPSA) is 74.6 Å². The number of hydrogen-bond acceptors (Lipinski definition) is 2. The zero-order chi connectivity index (χ0) is 16.7. The van der Waals surface area contributed by atoms with Crippen molar-refractivity contribution in [3.05, 3.63) is 57.6 Å². The molecule has 4 heteroatoms. The predicted molar refractivity (Wildman–Crippen MR) is 87.4 cm³/mol. The number of hydrogen-bond donors (Lipinski definition) is 2. The maximum Gasteiger partial charge on any atom is 0.336 e. The maximum absolute atomic E-state index is 11.8. The molecule has 0 saturated carbocycles. The fourth-order valence-electron chi connectivity index (χ4n) is 3.77. The summed E-state index contributed by atoms with van der Waals surface area (Å²) in [5.74, 6) is -2.32. The fraction of sp³-hybridized carbons (Fsp3) is 0.263. The highest BCUT2D eigenvalue weighted by atomic mass is 16.4. The first-order chi connectivity index (χ1) is 11.0. The highest BCUT2D eigenvalue weighted by Gasteiger charge is 2.33. The molecule has 0 spiro atoms. The van der Waals surface area contributed by atoms with Gasteiger partial charge in [0.05, 0.1) is 11.1 Å². The van der Waals surface area contributed by atoms with Gasteiger partial charge in [0.15, 0.2) is 0 Å². The lowest BCUT2D eigenvalue weighted by atomic mass is 9.84. The molecule has 1 aliphatic carbocycles. The van der Waals surface area contributed by atoms with Gasteiger partial charge in [-0.3, -0.25) is 0 Å². The Labute approximate surface area is 134 Å². The van der Waals surface area contributed by atoms with E-state index in [1.54, 1.807) is 0 Å². The largest absolute Gasteiger partial charge is 0.478 e. The molecule has 0 atom stereocenters. The van der Waals surface area contributed by atoms with Gasteiger partial charge >= 0.3 is 11.9 Å². The lowest BCUT2D eigenvalue weighted by Crippen LogP contribution is -2.17. The second-order valence-corrected chi connectivity index (χ2v) is 5.71. The average molecular weight is 310 g/mol. The van der Waals surface area contributed by atoms with Crippen molar-refractivity contribution in [3.63, 3.8) is 0 Å². The van der Waals surface area contributed by atoms with Crippen LogP contribution in [-0.2, 0) is 19.3 Å². The van der Waals surface area contributed by atoms with Crippen LogP contribution < -0.4 is 0 Å². The molecule has 2 N–H and O–H groups in total. The van der Waals surface area contributed by atoms with E-state index >= 15 is 0 Å². The van der Waals surface area contributed by atoms with Crippen molar-refractivity contribution in [1.82, 2.24) is 0 Å². The maximum atomic E-state index is 11.8. The van der Waals surface area contributed by atoms with E-state index in [2.05, 4.69) is 0 Å². The number of carbonyl (C=O) groups is 2. The van der Waals surface area contributed by atoms with E-state index in [4.69, 9.17) is 0 Å². The van der Waals surface area contributed by atoms with Crippen LogP contribution in [0.25, 0.3) is 11.1 Å². The second kappa shape index (κ2) is 5.54. The summed E-state index contributed by atoms with van der Waals surface area (Å²) in [6, 6.07) is 7.83. The molecule has 118 valence electrons. The van der Waals surface area contributed by atoms with Gasteiger partial charge in [0.2, 0.25) is 0 Å². The highest BCUT2D eigenvalue weighted by Crippen LogP contribution is 2.44. The minimum absolute atomic E-state index is 0.0385. The summed E-state index contributed by atoms with van der Waals surface area (Å²) in [6.45, 7) is 3.86. The molecule has 0 aromatic heterocycles. The highest BCUT2D eigenvalue weighted by molar-refractivity contribution is 6.07. The van der Waals surface area contributed by atoms with Gasteiger partial charge in [0, 0.05) is 0 Å². The molecule has 23 heavy (non-hydrogen) atoms. The van der Waals surface area contributed by atoms with Crippen LogP contribution in [0, 0.1) is 0 Å². The number of carboxylic acids is 2. The molecule has 0 bridgehead atoms. The Morgan fingerprint density at radius 2 is 1.57 bits per heavy atom. The Balaban J connectivity index is 2.50. The summed E-state index contributed by atoms with van der Waals surface area (Å²) >= 11 is 0. The molecule has 4 nitrogen and oxygen atoms in total. The summed E-state index contributed by atoms with van der Waals surface area (Å²) in [5.41, 5.74) is 5.20. The standard InChI is InChI=1S/C19H18O4/c1-3-11-12(4-2)16(18(20)21)17(19(22)23)14-9-10-7-5-6-8-13(10)15(11)14/h5-8H,3-4,9H2,1-2H3,(H,20,21)(H,22,23). The summed E-state index contributed by atoms with van der Waals surface area (Å²) in [7, 11) is 0. The Bertz CT molecular complexity index is 834. The summed E-state index contributed by atoms with van der Waals surface area (Å²) in [5, 5.41) is 19.3. The fourth-order valence-corrected chi connectivity index (χ4v) is 3.77. The first kappa shape index (κ1) is 15.3. The lowest BCUT2D eigenvalue weighted by molar-refractivity contribution is 0.0649. The van der Waals surface area contributed by atoms with Gasteiger partial charge in [-0.25, -0.2) is 9.59 Å². The number of aromatic carboxylic acids is 2. The second-order valence-electron chi connectivity index (χ2n) is 5.71. The van der Waals surface area contributed by atoms with E-state index in [0.29, 0.717) is 30.4 Å². The van der Waals surface area contributed by atoms with E-state index < -0.39 is 11.9 Å². The summed E-state index contributed by atoms with van der Waals surface area (Å²) < 4.78 is 0. The van der Waals surface area contributed by atoms with E-state index in [1.165, 1.54) is 0 Å². The van der Waals surface area contributed by atoms with Crippen molar-refractivity contribution in [2.75, 3.05) is 0 Å².